The fourth-order valence-corrected chi connectivity index (χ4v) is 2.45. The zero-order valence-corrected chi connectivity index (χ0v) is 15.5. The predicted molar refractivity (Wildman–Crippen MR) is 97.3 cm³/mol. The van der Waals surface area contributed by atoms with Crippen molar-refractivity contribution in [1.29, 1.82) is 0 Å². The van der Waals surface area contributed by atoms with Crippen molar-refractivity contribution >= 4 is 5.91 Å². The minimum Gasteiger partial charge on any atom is -0.490 e. The number of hydrogen-bond acceptors (Lipinski definition) is 4. The molecule has 1 aromatic carbocycles. The number of ether oxygens (including phenoxy) is 2. The first-order valence-corrected chi connectivity index (χ1v) is 8.75. The monoisotopic (exact) mass is 345 g/mol. The molecule has 136 valence electrons. The van der Waals surface area contributed by atoms with Gasteiger partial charge in [0.15, 0.2) is 11.5 Å². The summed E-state index contributed by atoms with van der Waals surface area (Å²) in [7, 11) is 1.76. The van der Waals surface area contributed by atoms with Crippen molar-refractivity contribution in [3.63, 3.8) is 0 Å². The Bertz CT molecular complexity index is 693. The van der Waals surface area contributed by atoms with Crippen LogP contribution >= 0.6 is 0 Å². The lowest BCUT2D eigenvalue weighted by molar-refractivity contribution is 0.0774. The quantitative estimate of drug-likeness (QED) is 0.631. The van der Waals surface area contributed by atoms with Gasteiger partial charge in [-0.15, -0.1) is 0 Å². The molecule has 0 saturated heterocycles. The van der Waals surface area contributed by atoms with Gasteiger partial charge in [-0.3, -0.25) is 4.79 Å². The summed E-state index contributed by atoms with van der Waals surface area (Å²) in [6.45, 7) is 7.49. The van der Waals surface area contributed by atoms with Gasteiger partial charge in [0.1, 0.15) is 11.5 Å². The van der Waals surface area contributed by atoms with Gasteiger partial charge in [0.2, 0.25) is 0 Å². The van der Waals surface area contributed by atoms with E-state index in [1.54, 1.807) is 30.1 Å². The van der Waals surface area contributed by atoms with Crippen molar-refractivity contribution in [3.05, 3.63) is 47.4 Å². The van der Waals surface area contributed by atoms with Crippen LogP contribution in [0.25, 0.3) is 0 Å². The third-order valence-electron chi connectivity index (χ3n) is 3.78. The molecule has 2 rings (SSSR count). The third-order valence-corrected chi connectivity index (χ3v) is 3.78. The standard InChI is InChI=1S/C20H27NO4/c1-5-7-12-24-18-11-9-16(13-19(18)23-6-2)20(22)21(4)14-17-10-8-15(3)25-17/h8-11,13H,5-7,12,14H2,1-4H3. The molecule has 0 fully saturated rings. The van der Waals surface area contributed by atoms with E-state index in [1.807, 2.05) is 26.0 Å². The van der Waals surface area contributed by atoms with E-state index < -0.39 is 0 Å². The SMILES string of the molecule is CCCCOc1ccc(C(=O)N(C)Cc2ccc(C)o2)cc1OCC. The van der Waals surface area contributed by atoms with Crippen LogP contribution in [0.4, 0.5) is 0 Å². The minimum atomic E-state index is -0.0879. The molecule has 0 N–H and O–H groups in total. The molecular weight excluding hydrogens is 318 g/mol. The summed E-state index contributed by atoms with van der Waals surface area (Å²) in [4.78, 5) is 14.3. The van der Waals surface area contributed by atoms with E-state index in [2.05, 4.69) is 6.92 Å². The number of furan rings is 1. The van der Waals surface area contributed by atoms with Gasteiger partial charge in [0, 0.05) is 12.6 Å². The number of hydrogen-bond donors (Lipinski definition) is 0. The number of nitrogens with zero attached hydrogens (tertiary/aromatic N) is 1. The van der Waals surface area contributed by atoms with Crippen LogP contribution in [-0.2, 0) is 6.54 Å². The summed E-state index contributed by atoms with van der Waals surface area (Å²) in [5, 5.41) is 0. The first kappa shape index (κ1) is 18.9. The topological polar surface area (TPSA) is 51.9 Å². The molecule has 0 aliphatic heterocycles. The van der Waals surface area contributed by atoms with Crippen LogP contribution in [0.1, 0.15) is 48.6 Å². The molecule has 5 heteroatoms. The summed E-state index contributed by atoms with van der Waals surface area (Å²) in [6, 6.07) is 9.10. The summed E-state index contributed by atoms with van der Waals surface area (Å²) < 4.78 is 16.9. The predicted octanol–water partition coefficient (Wildman–Crippen LogP) is 4.44. The second kappa shape index (κ2) is 9.16. The van der Waals surface area contributed by atoms with E-state index in [-0.39, 0.29) is 5.91 Å². The van der Waals surface area contributed by atoms with Gasteiger partial charge in [0.05, 0.1) is 19.8 Å². The molecule has 0 aliphatic rings. The Morgan fingerprint density at radius 3 is 2.56 bits per heavy atom. The van der Waals surface area contributed by atoms with Crippen molar-refractivity contribution in [2.45, 2.75) is 40.2 Å². The lowest BCUT2D eigenvalue weighted by atomic mass is 10.1. The largest absolute Gasteiger partial charge is 0.490 e. The summed E-state index contributed by atoms with van der Waals surface area (Å²) in [5.74, 6) is 2.79. The number of aryl methyl sites for hydroxylation is 1. The van der Waals surface area contributed by atoms with Crippen LogP contribution < -0.4 is 9.47 Å². The van der Waals surface area contributed by atoms with Crippen LogP contribution in [0.5, 0.6) is 11.5 Å². The summed E-state index contributed by atoms with van der Waals surface area (Å²) >= 11 is 0. The number of carbonyl (C=O) groups excluding carboxylic acids is 1. The van der Waals surface area contributed by atoms with E-state index in [9.17, 15) is 4.79 Å². The molecule has 0 aliphatic carbocycles. The second-order valence-corrected chi connectivity index (χ2v) is 5.97. The minimum absolute atomic E-state index is 0.0879. The average Bonchev–Trinajstić information content (AvgIpc) is 3.00. The van der Waals surface area contributed by atoms with Crippen LogP contribution in [0, 0.1) is 6.92 Å². The van der Waals surface area contributed by atoms with Crippen molar-refractivity contribution in [2.24, 2.45) is 0 Å². The van der Waals surface area contributed by atoms with E-state index in [4.69, 9.17) is 13.9 Å². The lowest BCUT2D eigenvalue weighted by Gasteiger charge is -2.18. The maximum absolute atomic E-state index is 12.7. The van der Waals surface area contributed by atoms with E-state index in [1.165, 1.54) is 0 Å². The van der Waals surface area contributed by atoms with Crippen molar-refractivity contribution in [3.8, 4) is 11.5 Å². The normalized spacial score (nSPS) is 10.6. The first-order chi connectivity index (χ1) is 12.0. The molecule has 1 heterocycles. The number of amides is 1. The molecule has 5 nitrogen and oxygen atoms in total. The Hall–Kier alpha value is -2.43. The molecule has 0 bridgehead atoms. The van der Waals surface area contributed by atoms with Crippen LogP contribution in [0.2, 0.25) is 0 Å². The van der Waals surface area contributed by atoms with Gasteiger partial charge < -0.3 is 18.8 Å². The van der Waals surface area contributed by atoms with E-state index >= 15 is 0 Å². The van der Waals surface area contributed by atoms with Crippen LogP contribution in [-0.4, -0.2) is 31.1 Å². The molecule has 0 radical (unpaired) electrons. The lowest BCUT2D eigenvalue weighted by Crippen LogP contribution is -2.26. The number of unbranched alkanes of at least 4 members (excludes halogenated alkanes) is 1. The van der Waals surface area contributed by atoms with E-state index in [0.29, 0.717) is 36.8 Å². The van der Waals surface area contributed by atoms with Crippen molar-refractivity contribution < 1.29 is 18.7 Å². The third kappa shape index (κ3) is 5.28. The smallest absolute Gasteiger partial charge is 0.254 e. The molecule has 1 aromatic heterocycles. The highest BCUT2D eigenvalue weighted by Gasteiger charge is 2.16. The highest BCUT2D eigenvalue weighted by molar-refractivity contribution is 5.94. The Kier molecular flexibility index (Phi) is 6.92. The molecule has 0 saturated carbocycles. The highest BCUT2D eigenvalue weighted by Crippen LogP contribution is 2.29. The number of carbonyl (C=O) groups is 1. The number of rotatable bonds is 9. The van der Waals surface area contributed by atoms with Gasteiger partial charge in [-0.25, -0.2) is 0 Å². The molecule has 0 spiro atoms. The summed E-state index contributed by atoms with van der Waals surface area (Å²) in [6.07, 6.45) is 2.05. The Morgan fingerprint density at radius 2 is 1.92 bits per heavy atom. The zero-order chi connectivity index (χ0) is 18.2. The van der Waals surface area contributed by atoms with E-state index in [0.717, 1.165) is 24.4 Å². The Morgan fingerprint density at radius 1 is 1.12 bits per heavy atom. The Labute approximate surface area is 149 Å². The molecule has 2 aromatic rings. The summed E-state index contributed by atoms with van der Waals surface area (Å²) in [5.41, 5.74) is 0.567. The van der Waals surface area contributed by atoms with Crippen molar-refractivity contribution in [2.75, 3.05) is 20.3 Å². The fraction of sp³-hybridized carbons (Fsp3) is 0.450. The van der Waals surface area contributed by atoms with Gasteiger partial charge in [-0.1, -0.05) is 13.3 Å². The molecule has 1 amide bonds. The maximum Gasteiger partial charge on any atom is 0.254 e. The molecule has 0 unspecified atom stereocenters. The van der Waals surface area contributed by atoms with Crippen LogP contribution in [0.15, 0.2) is 34.7 Å². The molecule has 25 heavy (non-hydrogen) atoms. The van der Waals surface area contributed by atoms with Gasteiger partial charge in [-0.2, -0.15) is 0 Å². The molecule has 0 atom stereocenters. The van der Waals surface area contributed by atoms with Gasteiger partial charge in [-0.05, 0) is 50.6 Å². The van der Waals surface area contributed by atoms with Gasteiger partial charge >= 0.3 is 0 Å². The fourth-order valence-electron chi connectivity index (χ4n) is 2.45. The Balaban J connectivity index is 2.11. The zero-order valence-electron chi connectivity index (χ0n) is 15.5. The highest BCUT2D eigenvalue weighted by atomic mass is 16.5. The average molecular weight is 345 g/mol. The van der Waals surface area contributed by atoms with Crippen molar-refractivity contribution in [1.82, 2.24) is 4.90 Å². The van der Waals surface area contributed by atoms with Gasteiger partial charge in [0.25, 0.3) is 5.91 Å². The number of benzene rings is 1. The maximum atomic E-state index is 12.7. The molecular formula is C20H27NO4. The second-order valence-electron chi connectivity index (χ2n) is 5.97. The van der Waals surface area contributed by atoms with Crippen LogP contribution in [0.3, 0.4) is 0 Å². The first-order valence-electron chi connectivity index (χ1n) is 8.75.